The van der Waals surface area contributed by atoms with Crippen LogP contribution in [0.5, 0.6) is 0 Å². The van der Waals surface area contributed by atoms with E-state index in [1.807, 2.05) is 24.3 Å². The zero-order valence-electron chi connectivity index (χ0n) is 24.2. The molecule has 43 heavy (non-hydrogen) atoms. The molecule has 12 heteroatoms. The van der Waals surface area contributed by atoms with Gasteiger partial charge in [-0.1, -0.05) is 42.5 Å². The van der Waals surface area contributed by atoms with Gasteiger partial charge in [0.1, 0.15) is 18.3 Å². The first-order valence-corrected chi connectivity index (χ1v) is 13.6. The molecular weight excluding hydrogens is 561 g/mol. The van der Waals surface area contributed by atoms with Gasteiger partial charge in [0.15, 0.2) is 0 Å². The molecule has 2 aromatic carbocycles. The number of carboxylic acids is 1. The molecule has 0 fully saturated rings. The van der Waals surface area contributed by atoms with E-state index in [4.69, 9.17) is 4.74 Å². The van der Waals surface area contributed by atoms with Crippen LogP contribution in [0.3, 0.4) is 0 Å². The molecule has 2 heterocycles. The largest absolute Gasteiger partial charge is 1.00 e. The summed E-state index contributed by atoms with van der Waals surface area (Å²) in [5.41, 5.74) is 3.09. The number of alkyl carbamates (subject to hydrolysis) is 1. The van der Waals surface area contributed by atoms with Gasteiger partial charge in [-0.2, -0.15) is 0 Å². The molecule has 3 amide bonds. The van der Waals surface area contributed by atoms with Crippen molar-refractivity contribution in [3.63, 3.8) is 0 Å². The number of para-hydroxylation sites is 2. The number of aromatic nitrogens is 2. The number of carbonyl (C=O) groups excluding carboxylic acids is 4. The molecule has 0 aliphatic carbocycles. The van der Waals surface area contributed by atoms with Gasteiger partial charge in [-0.05, 0) is 55.5 Å². The second-order valence-corrected chi connectivity index (χ2v) is 9.70. The maximum Gasteiger partial charge on any atom is 1.00 e. The predicted molar refractivity (Wildman–Crippen MR) is 154 cm³/mol. The van der Waals surface area contributed by atoms with Gasteiger partial charge in [-0.25, -0.2) is 4.79 Å². The second-order valence-electron chi connectivity index (χ2n) is 9.70. The van der Waals surface area contributed by atoms with Crippen LogP contribution in [0.2, 0.25) is 0 Å². The topological polar surface area (TPSA) is 154 Å². The quantitative estimate of drug-likeness (QED) is 0.142. The number of nitrogens with zero attached hydrogens (tertiary/aromatic N) is 2. The SMILES string of the molecule is Cn1c(C(=O)N[C@@H](CCCNC(=O)OCc2cccnc2)C(=O)Nc2ccccc2CCC(=O)[O-])cc2ccccc21.[Na+]. The van der Waals surface area contributed by atoms with Crippen molar-refractivity contribution in [2.45, 2.75) is 38.3 Å². The Morgan fingerprint density at radius 3 is 2.53 bits per heavy atom. The Morgan fingerprint density at radius 2 is 1.79 bits per heavy atom. The number of benzene rings is 2. The molecule has 4 aromatic rings. The molecule has 2 aromatic heterocycles. The molecule has 0 bridgehead atoms. The number of ether oxygens (including phenoxy) is 1. The Morgan fingerprint density at radius 1 is 1.02 bits per heavy atom. The number of anilines is 1. The van der Waals surface area contributed by atoms with Gasteiger partial charge >= 0.3 is 35.7 Å². The van der Waals surface area contributed by atoms with Crippen LogP contribution in [0.1, 0.15) is 40.9 Å². The van der Waals surface area contributed by atoms with Crippen LogP contribution in [0.15, 0.2) is 79.1 Å². The number of pyridine rings is 1. The second kappa shape index (κ2) is 16.4. The maximum absolute atomic E-state index is 13.4. The molecule has 0 spiro atoms. The van der Waals surface area contributed by atoms with Gasteiger partial charge in [0.25, 0.3) is 5.91 Å². The van der Waals surface area contributed by atoms with Crippen LogP contribution in [-0.2, 0) is 34.4 Å². The fraction of sp³-hybridized carbons (Fsp3) is 0.258. The average molecular weight is 594 g/mol. The summed E-state index contributed by atoms with van der Waals surface area (Å²) in [6.07, 6.45) is 3.18. The van der Waals surface area contributed by atoms with E-state index in [1.54, 1.807) is 66.5 Å². The number of hydrogen-bond donors (Lipinski definition) is 3. The van der Waals surface area contributed by atoms with Crippen LogP contribution in [-0.4, -0.2) is 46.0 Å². The number of carboxylic acid groups (broad SMARTS) is 1. The van der Waals surface area contributed by atoms with E-state index < -0.39 is 29.9 Å². The van der Waals surface area contributed by atoms with Gasteiger partial charge in [0, 0.05) is 54.1 Å². The molecule has 218 valence electrons. The standard InChI is InChI=1S/C31H33N5O6.Na/c1-36-26-13-5-3-10-23(26)18-27(36)30(40)35-25(12-7-17-33-31(41)42-20-21-8-6-16-32-19-21)29(39)34-24-11-4-2-9-22(24)14-15-28(37)38;/h2-6,8-11,13,16,18-19,25H,7,12,14-15,17,20H2,1H3,(H,33,41)(H,34,39)(H,35,40)(H,37,38);/q;+1/p-1/t25-;/m0./s1. The van der Waals surface area contributed by atoms with Crippen molar-refractivity contribution in [3.05, 3.63) is 95.9 Å². The summed E-state index contributed by atoms with van der Waals surface area (Å²) >= 11 is 0. The summed E-state index contributed by atoms with van der Waals surface area (Å²) in [6.45, 7) is 0.283. The molecule has 0 radical (unpaired) electrons. The number of rotatable bonds is 13. The smallest absolute Gasteiger partial charge is 0.550 e. The minimum absolute atomic E-state index is 0. The van der Waals surface area contributed by atoms with Crippen LogP contribution in [0, 0.1) is 0 Å². The fourth-order valence-electron chi connectivity index (χ4n) is 4.50. The van der Waals surface area contributed by atoms with Crippen molar-refractivity contribution < 1.29 is 58.6 Å². The first-order valence-electron chi connectivity index (χ1n) is 13.6. The van der Waals surface area contributed by atoms with Gasteiger partial charge in [0.2, 0.25) is 5.91 Å². The van der Waals surface area contributed by atoms with Crippen molar-refractivity contribution in [3.8, 4) is 0 Å². The van der Waals surface area contributed by atoms with Crippen molar-refractivity contribution in [1.82, 2.24) is 20.2 Å². The first-order chi connectivity index (χ1) is 20.3. The number of hydrogen-bond acceptors (Lipinski definition) is 7. The molecule has 11 nitrogen and oxygen atoms in total. The molecule has 3 N–H and O–H groups in total. The molecule has 4 rings (SSSR count). The van der Waals surface area contributed by atoms with E-state index in [2.05, 4.69) is 20.9 Å². The Balaban J connectivity index is 0.00000506. The Kier molecular flexibility index (Phi) is 12.7. The third-order valence-corrected chi connectivity index (χ3v) is 6.71. The Hall–Kier alpha value is -4.19. The van der Waals surface area contributed by atoms with Gasteiger partial charge < -0.3 is 35.2 Å². The third-order valence-electron chi connectivity index (χ3n) is 6.71. The van der Waals surface area contributed by atoms with Gasteiger partial charge in [-0.3, -0.25) is 14.6 Å². The normalized spacial score (nSPS) is 11.2. The maximum atomic E-state index is 13.4. The van der Waals surface area contributed by atoms with Crippen LogP contribution < -0.4 is 50.6 Å². The van der Waals surface area contributed by atoms with Crippen molar-refractivity contribution in [1.29, 1.82) is 0 Å². The van der Waals surface area contributed by atoms with E-state index >= 15 is 0 Å². The zero-order valence-corrected chi connectivity index (χ0v) is 26.2. The summed E-state index contributed by atoms with van der Waals surface area (Å²) in [7, 11) is 1.78. The number of nitrogens with one attached hydrogen (secondary N) is 3. The molecule has 0 aliphatic heterocycles. The molecular formula is C31H32N5NaO6. The summed E-state index contributed by atoms with van der Waals surface area (Å²) < 4.78 is 6.95. The van der Waals surface area contributed by atoms with E-state index in [1.165, 1.54) is 0 Å². The number of fused-ring (bicyclic) bond motifs is 1. The summed E-state index contributed by atoms with van der Waals surface area (Å²) in [4.78, 5) is 53.8. The molecule has 0 aliphatic rings. The van der Waals surface area contributed by atoms with E-state index in [9.17, 15) is 24.3 Å². The van der Waals surface area contributed by atoms with Crippen LogP contribution >= 0.6 is 0 Å². The molecule has 0 saturated carbocycles. The Labute approximate surface area is 271 Å². The predicted octanol–water partition coefficient (Wildman–Crippen LogP) is -0.296. The Bertz CT molecular complexity index is 1560. The van der Waals surface area contributed by atoms with E-state index in [-0.39, 0.29) is 62.0 Å². The monoisotopic (exact) mass is 593 g/mol. The minimum atomic E-state index is -1.19. The third kappa shape index (κ3) is 9.67. The van der Waals surface area contributed by atoms with E-state index in [0.29, 0.717) is 23.4 Å². The van der Waals surface area contributed by atoms with Crippen molar-refractivity contribution in [2.75, 3.05) is 11.9 Å². The number of carbonyl (C=O) groups is 4. The van der Waals surface area contributed by atoms with Gasteiger partial charge in [0.05, 0.1) is 0 Å². The molecule has 0 unspecified atom stereocenters. The fourth-order valence-corrected chi connectivity index (χ4v) is 4.50. The van der Waals surface area contributed by atoms with Crippen molar-refractivity contribution >= 4 is 40.5 Å². The average Bonchev–Trinajstić information content (AvgIpc) is 3.34. The van der Waals surface area contributed by atoms with E-state index in [0.717, 1.165) is 16.5 Å². The molecule has 1 atom stereocenters. The minimum Gasteiger partial charge on any atom is -0.550 e. The number of amides is 3. The van der Waals surface area contributed by atoms with Crippen molar-refractivity contribution in [2.24, 2.45) is 7.05 Å². The number of aliphatic carboxylic acids is 1. The first kappa shape index (κ1) is 33.3. The summed E-state index contributed by atoms with van der Waals surface area (Å²) in [5.74, 6) is -2.09. The number of aryl methyl sites for hydroxylation is 2. The summed E-state index contributed by atoms with van der Waals surface area (Å²) in [5, 5.41) is 20.2. The van der Waals surface area contributed by atoms with Gasteiger partial charge in [-0.15, -0.1) is 0 Å². The summed E-state index contributed by atoms with van der Waals surface area (Å²) in [6, 6.07) is 18.8. The van der Waals surface area contributed by atoms with Crippen LogP contribution in [0.25, 0.3) is 10.9 Å². The zero-order chi connectivity index (χ0) is 29.9. The van der Waals surface area contributed by atoms with Crippen LogP contribution in [0.4, 0.5) is 10.5 Å². The molecule has 0 saturated heterocycles.